The predicted molar refractivity (Wildman–Crippen MR) is 119 cm³/mol. The minimum Gasteiger partial charge on any atom is -0.353 e. The maximum Gasteiger partial charge on any atom is 0.254 e. The summed E-state index contributed by atoms with van der Waals surface area (Å²) in [7, 11) is 0. The number of rotatable bonds is 3. The Kier molecular flexibility index (Phi) is 5.50. The van der Waals surface area contributed by atoms with Gasteiger partial charge in [-0.15, -0.1) is 0 Å². The molecule has 2 fully saturated rings. The number of anilines is 2. The van der Waals surface area contributed by atoms with Gasteiger partial charge in [-0.05, 0) is 69.0 Å². The number of carbonyl (C=O) groups excluding carboxylic acids is 2. The van der Waals surface area contributed by atoms with Crippen molar-refractivity contribution in [3.8, 4) is 0 Å². The highest BCUT2D eigenvalue weighted by Gasteiger charge is 2.26. The van der Waals surface area contributed by atoms with Gasteiger partial charge in [-0.1, -0.05) is 6.07 Å². The van der Waals surface area contributed by atoms with E-state index in [9.17, 15) is 9.59 Å². The summed E-state index contributed by atoms with van der Waals surface area (Å²) in [4.78, 5) is 35.9. The Morgan fingerprint density at radius 2 is 1.63 bits per heavy atom. The Morgan fingerprint density at radius 3 is 2.27 bits per heavy atom. The highest BCUT2D eigenvalue weighted by molar-refractivity contribution is 5.98. The molecule has 6 heteroatoms. The summed E-state index contributed by atoms with van der Waals surface area (Å²) < 4.78 is 0. The number of carbonyl (C=O) groups is 2. The van der Waals surface area contributed by atoms with Gasteiger partial charge >= 0.3 is 0 Å². The molecule has 0 aliphatic carbocycles. The monoisotopic (exact) mass is 406 g/mol. The first-order valence-corrected chi connectivity index (χ1v) is 10.7. The third-order valence-corrected chi connectivity index (χ3v) is 6.32. The summed E-state index contributed by atoms with van der Waals surface area (Å²) in [5, 5.41) is 0. The van der Waals surface area contributed by atoms with E-state index >= 15 is 0 Å². The number of aryl methyl sites for hydroxylation is 4. The van der Waals surface area contributed by atoms with Crippen LogP contribution in [0.4, 0.5) is 11.5 Å². The zero-order valence-corrected chi connectivity index (χ0v) is 18.4. The minimum atomic E-state index is 0.0659. The smallest absolute Gasteiger partial charge is 0.254 e. The van der Waals surface area contributed by atoms with E-state index in [2.05, 4.69) is 24.8 Å². The Balaban J connectivity index is 1.44. The van der Waals surface area contributed by atoms with Gasteiger partial charge in [-0.25, -0.2) is 4.98 Å². The van der Waals surface area contributed by atoms with Crippen LogP contribution in [0.1, 0.15) is 45.6 Å². The third-order valence-electron chi connectivity index (χ3n) is 6.32. The summed E-state index contributed by atoms with van der Waals surface area (Å²) in [6.45, 7) is 11.9. The molecule has 0 unspecified atom stereocenters. The minimum absolute atomic E-state index is 0.0659. The van der Waals surface area contributed by atoms with Crippen LogP contribution in [-0.4, -0.2) is 54.4 Å². The zero-order chi connectivity index (χ0) is 21.4. The summed E-state index contributed by atoms with van der Waals surface area (Å²) in [6.07, 6.45) is 1.51. The van der Waals surface area contributed by atoms with E-state index in [1.54, 1.807) is 0 Å². The topological polar surface area (TPSA) is 56.8 Å². The van der Waals surface area contributed by atoms with E-state index in [-0.39, 0.29) is 11.8 Å². The number of piperazine rings is 1. The molecule has 0 saturated carbocycles. The molecular formula is C24H30N4O2. The van der Waals surface area contributed by atoms with Crippen LogP contribution < -0.4 is 9.80 Å². The fraction of sp³-hybridized carbons (Fsp3) is 0.458. The van der Waals surface area contributed by atoms with Crippen LogP contribution in [-0.2, 0) is 4.79 Å². The lowest BCUT2D eigenvalue weighted by molar-refractivity contribution is -0.117. The molecule has 0 atom stereocenters. The second kappa shape index (κ2) is 8.09. The summed E-state index contributed by atoms with van der Waals surface area (Å²) in [6, 6.07) is 7.93. The van der Waals surface area contributed by atoms with Crippen LogP contribution in [0.15, 0.2) is 24.3 Å². The van der Waals surface area contributed by atoms with Gasteiger partial charge in [0.1, 0.15) is 5.82 Å². The van der Waals surface area contributed by atoms with Crippen molar-refractivity contribution in [2.45, 2.75) is 40.5 Å². The molecule has 2 aliphatic heterocycles. The molecular weight excluding hydrogens is 376 g/mol. The van der Waals surface area contributed by atoms with Crippen LogP contribution >= 0.6 is 0 Å². The lowest BCUT2D eigenvalue weighted by Gasteiger charge is -2.36. The molecule has 2 aliphatic rings. The molecule has 2 saturated heterocycles. The quantitative estimate of drug-likeness (QED) is 0.784. The lowest BCUT2D eigenvalue weighted by Crippen LogP contribution is -2.49. The molecule has 0 radical (unpaired) electrons. The van der Waals surface area contributed by atoms with Gasteiger partial charge in [0.25, 0.3) is 5.91 Å². The summed E-state index contributed by atoms with van der Waals surface area (Å²) in [5.41, 5.74) is 5.99. The molecule has 0 bridgehead atoms. The van der Waals surface area contributed by atoms with E-state index in [0.717, 1.165) is 54.4 Å². The summed E-state index contributed by atoms with van der Waals surface area (Å²) in [5.74, 6) is 1.26. The fourth-order valence-electron chi connectivity index (χ4n) is 4.42. The van der Waals surface area contributed by atoms with Gasteiger partial charge in [-0.3, -0.25) is 9.59 Å². The zero-order valence-electron chi connectivity index (χ0n) is 18.4. The van der Waals surface area contributed by atoms with Crippen molar-refractivity contribution in [3.63, 3.8) is 0 Å². The van der Waals surface area contributed by atoms with Gasteiger partial charge in [0.2, 0.25) is 5.91 Å². The Morgan fingerprint density at radius 1 is 0.900 bits per heavy atom. The van der Waals surface area contributed by atoms with Gasteiger partial charge in [-0.2, -0.15) is 0 Å². The van der Waals surface area contributed by atoms with Crippen molar-refractivity contribution in [1.82, 2.24) is 9.88 Å². The van der Waals surface area contributed by atoms with Crippen LogP contribution in [0.5, 0.6) is 0 Å². The number of pyridine rings is 1. The third kappa shape index (κ3) is 3.78. The van der Waals surface area contributed by atoms with Gasteiger partial charge < -0.3 is 14.7 Å². The molecule has 1 aromatic carbocycles. The number of amides is 2. The van der Waals surface area contributed by atoms with Crippen LogP contribution in [0.3, 0.4) is 0 Å². The van der Waals surface area contributed by atoms with Gasteiger partial charge in [0, 0.05) is 56.1 Å². The number of aromatic nitrogens is 1. The fourth-order valence-corrected chi connectivity index (χ4v) is 4.42. The average Bonchev–Trinajstić information content (AvgIpc) is 3.16. The average molecular weight is 407 g/mol. The molecule has 0 N–H and O–H groups in total. The Hall–Kier alpha value is -2.89. The van der Waals surface area contributed by atoms with E-state index < -0.39 is 0 Å². The first-order chi connectivity index (χ1) is 14.3. The molecule has 2 aromatic rings. The van der Waals surface area contributed by atoms with E-state index in [1.165, 1.54) is 11.1 Å². The van der Waals surface area contributed by atoms with Gasteiger partial charge in [0.05, 0.1) is 0 Å². The van der Waals surface area contributed by atoms with Crippen molar-refractivity contribution in [1.29, 1.82) is 0 Å². The van der Waals surface area contributed by atoms with Crippen molar-refractivity contribution in [3.05, 3.63) is 52.2 Å². The van der Waals surface area contributed by atoms with E-state index in [0.29, 0.717) is 19.5 Å². The lowest BCUT2D eigenvalue weighted by atomic mass is 10.1. The molecule has 1 aromatic heterocycles. The number of benzene rings is 1. The van der Waals surface area contributed by atoms with E-state index in [4.69, 9.17) is 4.98 Å². The standard InChI is InChI=1S/C24H30N4O2/c1-16-14-18(3)23(25-19(16)4)26-10-12-27(13-11-26)24(30)21-8-7-20(15-17(21)2)28-9-5-6-22(28)29/h7-8,14-15H,5-6,9-13H2,1-4H3. The largest absolute Gasteiger partial charge is 0.353 e. The second-order valence-corrected chi connectivity index (χ2v) is 8.46. The van der Waals surface area contributed by atoms with Gasteiger partial charge in [0.15, 0.2) is 0 Å². The Bertz CT molecular complexity index is 993. The first kappa shape index (κ1) is 20.4. The van der Waals surface area contributed by atoms with Crippen molar-refractivity contribution in [2.24, 2.45) is 0 Å². The SMILES string of the molecule is Cc1cc(N2CCCC2=O)ccc1C(=O)N1CCN(c2nc(C)c(C)cc2C)CC1. The number of hydrogen-bond donors (Lipinski definition) is 0. The molecule has 158 valence electrons. The van der Waals surface area contributed by atoms with E-state index in [1.807, 2.05) is 41.8 Å². The van der Waals surface area contributed by atoms with Crippen molar-refractivity contribution < 1.29 is 9.59 Å². The Labute approximate surface area is 178 Å². The van der Waals surface area contributed by atoms with Crippen LogP contribution in [0.25, 0.3) is 0 Å². The second-order valence-electron chi connectivity index (χ2n) is 8.46. The van der Waals surface area contributed by atoms with Crippen molar-refractivity contribution in [2.75, 3.05) is 42.5 Å². The normalized spacial score (nSPS) is 17.1. The highest BCUT2D eigenvalue weighted by atomic mass is 16.2. The molecule has 2 amide bonds. The number of hydrogen-bond acceptors (Lipinski definition) is 4. The van der Waals surface area contributed by atoms with Crippen LogP contribution in [0, 0.1) is 27.7 Å². The predicted octanol–water partition coefficient (Wildman–Crippen LogP) is 3.40. The molecule has 3 heterocycles. The highest BCUT2D eigenvalue weighted by Crippen LogP contribution is 2.26. The molecule has 0 spiro atoms. The maximum atomic E-state index is 13.1. The molecule has 6 nitrogen and oxygen atoms in total. The van der Waals surface area contributed by atoms with Crippen molar-refractivity contribution >= 4 is 23.3 Å². The summed E-state index contributed by atoms with van der Waals surface area (Å²) >= 11 is 0. The first-order valence-electron chi connectivity index (χ1n) is 10.7. The maximum absolute atomic E-state index is 13.1. The van der Waals surface area contributed by atoms with Crippen LogP contribution in [0.2, 0.25) is 0 Å². The molecule has 4 rings (SSSR count). The number of nitrogens with zero attached hydrogens (tertiary/aromatic N) is 4. The molecule has 30 heavy (non-hydrogen) atoms.